The number of halogens is 3. The van der Waals surface area contributed by atoms with E-state index in [4.69, 9.17) is 5.73 Å². The summed E-state index contributed by atoms with van der Waals surface area (Å²) in [6.45, 7) is 0.0341. The van der Waals surface area contributed by atoms with Gasteiger partial charge in [0.25, 0.3) is 0 Å². The number of nitrogens with zero attached hydrogens (tertiary/aromatic N) is 1. The van der Waals surface area contributed by atoms with Crippen molar-refractivity contribution < 1.29 is 18.3 Å². The van der Waals surface area contributed by atoms with E-state index in [1.54, 1.807) is 7.05 Å². The summed E-state index contributed by atoms with van der Waals surface area (Å²) >= 11 is 0. The van der Waals surface area contributed by atoms with Crippen molar-refractivity contribution in [1.29, 1.82) is 0 Å². The van der Waals surface area contributed by atoms with Gasteiger partial charge < -0.3 is 15.7 Å². The number of nitrogens with two attached hydrogens (primary N) is 1. The van der Waals surface area contributed by atoms with Gasteiger partial charge >= 0.3 is 6.18 Å². The van der Waals surface area contributed by atoms with Crippen LogP contribution < -0.4 is 10.6 Å². The van der Waals surface area contributed by atoms with Crippen LogP contribution in [-0.2, 0) is 12.7 Å². The lowest BCUT2D eigenvalue weighted by atomic mass is 9.91. The van der Waals surface area contributed by atoms with Gasteiger partial charge in [-0.15, -0.1) is 0 Å². The van der Waals surface area contributed by atoms with Crippen LogP contribution in [0.2, 0.25) is 0 Å². The number of likely N-dealkylation sites (N-methyl/N-ethyl adjacent to an activating group) is 1. The average Bonchev–Trinajstić information content (AvgIpc) is 2.45. The molecule has 1 aromatic rings. The van der Waals surface area contributed by atoms with E-state index in [1.807, 2.05) is 4.90 Å². The standard InChI is InChI=1S/C15H21F3N2O/c1-20(13-4-2-3-5-14(13)21)12-7-6-11(15(16,17)18)8-10(12)9-19/h6-8,13-14,21H,2-5,9,19H2,1H3. The molecule has 2 atom stereocenters. The third-order valence-electron chi connectivity index (χ3n) is 4.20. The molecule has 2 rings (SSSR count). The minimum atomic E-state index is -4.37. The quantitative estimate of drug-likeness (QED) is 0.902. The summed E-state index contributed by atoms with van der Waals surface area (Å²) in [5.41, 5.74) is 6.03. The van der Waals surface area contributed by atoms with Crippen LogP contribution in [0.25, 0.3) is 0 Å². The van der Waals surface area contributed by atoms with Crippen molar-refractivity contribution in [1.82, 2.24) is 0 Å². The lowest BCUT2D eigenvalue weighted by Gasteiger charge is -2.37. The molecule has 0 aliphatic heterocycles. The molecule has 0 radical (unpaired) electrons. The van der Waals surface area contributed by atoms with Gasteiger partial charge in [-0.1, -0.05) is 12.8 Å². The fourth-order valence-electron chi connectivity index (χ4n) is 2.99. The molecule has 1 aromatic carbocycles. The molecule has 0 spiro atoms. The van der Waals surface area contributed by atoms with Crippen molar-refractivity contribution in [2.24, 2.45) is 5.73 Å². The van der Waals surface area contributed by atoms with E-state index in [-0.39, 0.29) is 12.6 Å². The second-order valence-electron chi connectivity index (χ2n) is 5.58. The highest BCUT2D eigenvalue weighted by molar-refractivity contribution is 5.56. The van der Waals surface area contributed by atoms with Gasteiger partial charge in [0, 0.05) is 19.3 Å². The third-order valence-corrected chi connectivity index (χ3v) is 4.20. The Labute approximate surface area is 122 Å². The summed E-state index contributed by atoms with van der Waals surface area (Å²) < 4.78 is 38.3. The summed E-state index contributed by atoms with van der Waals surface area (Å²) in [4.78, 5) is 1.87. The highest BCUT2D eigenvalue weighted by Crippen LogP contribution is 2.34. The molecule has 118 valence electrons. The summed E-state index contributed by atoms with van der Waals surface area (Å²) in [5.74, 6) is 0. The van der Waals surface area contributed by atoms with Crippen LogP contribution in [0.1, 0.15) is 36.8 Å². The van der Waals surface area contributed by atoms with Crippen LogP contribution in [-0.4, -0.2) is 24.3 Å². The first-order chi connectivity index (χ1) is 9.84. The van der Waals surface area contributed by atoms with E-state index in [9.17, 15) is 18.3 Å². The normalized spacial score (nSPS) is 23.1. The number of hydrogen-bond donors (Lipinski definition) is 2. The lowest BCUT2D eigenvalue weighted by molar-refractivity contribution is -0.137. The lowest BCUT2D eigenvalue weighted by Crippen LogP contribution is -2.44. The maximum absolute atomic E-state index is 12.8. The minimum absolute atomic E-state index is 0.0341. The fraction of sp³-hybridized carbons (Fsp3) is 0.600. The SMILES string of the molecule is CN(c1ccc(C(F)(F)F)cc1CN)C1CCCCC1O. The molecular weight excluding hydrogens is 281 g/mol. The second kappa shape index (κ2) is 6.23. The highest BCUT2D eigenvalue weighted by Gasteiger charge is 2.32. The third kappa shape index (κ3) is 3.49. The summed E-state index contributed by atoms with van der Waals surface area (Å²) in [6.07, 6.45) is -1.24. The molecule has 0 heterocycles. The maximum Gasteiger partial charge on any atom is 0.416 e. The number of rotatable bonds is 3. The molecule has 3 nitrogen and oxygen atoms in total. The van der Waals surface area contributed by atoms with Gasteiger partial charge in [-0.2, -0.15) is 13.2 Å². The van der Waals surface area contributed by atoms with Crippen molar-refractivity contribution in [3.05, 3.63) is 29.3 Å². The van der Waals surface area contributed by atoms with E-state index >= 15 is 0 Å². The van der Waals surface area contributed by atoms with Crippen LogP contribution in [0, 0.1) is 0 Å². The number of aliphatic hydroxyl groups excluding tert-OH is 1. The Morgan fingerprint density at radius 3 is 2.52 bits per heavy atom. The Morgan fingerprint density at radius 2 is 1.95 bits per heavy atom. The van der Waals surface area contributed by atoms with Crippen LogP contribution in [0.15, 0.2) is 18.2 Å². The minimum Gasteiger partial charge on any atom is -0.391 e. The van der Waals surface area contributed by atoms with E-state index in [0.29, 0.717) is 11.3 Å². The zero-order chi connectivity index (χ0) is 15.6. The second-order valence-corrected chi connectivity index (χ2v) is 5.58. The number of anilines is 1. The zero-order valence-electron chi connectivity index (χ0n) is 12.0. The van der Waals surface area contributed by atoms with Gasteiger partial charge in [0.15, 0.2) is 0 Å². The number of alkyl halides is 3. The van der Waals surface area contributed by atoms with Crippen LogP contribution in [0.5, 0.6) is 0 Å². The fourth-order valence-corrected chi connectivity index (χ4v) is 2.99. The molecule has 0 aromatic heterocycles. The Morgan fingerprint density at radius 1 is 1.29 bits per heavy atom. The van der Waals surface area contributed by atoms with Gasteiger partial charge in [-0.25, -0.2) is 0 Å². The van der Waals surface area contributed by atoms with E-state index in [1.165, 1.54) is 6.07 Å². The van der Waals surface area contributed by atoms with Gasteiger partial charge in [-0.05, 0) is 36.6 Å². The Kier molecular flexibility index (Phi) is 4.78. The molecule has 21 heavy (non-hydrogen) atoms. The van der Waals surface area contributed by atoms with E-state index < -0.39 is 17.8 Å². The Hall–Kier alpha value is -1.27. The number of aliphatic hydroxyl groups is 1. The predicted octanol–water partition coefficient (Wildman–Crippen LogP) is 2.90. The zero-order valence-corrected chi connectivity index (χ0v) is 12.0. The molecule has 0 bridgehead atoms. The van der Waals surface area contributed by atoms with E-state index in [0.717, 1.165) is 37.8 Å². The summed E-state index contributed by atoms with van der Waals surface area (Å²) in [5, 5.41) is 10.1. The smallest absolute Gasteiger partial charge is 0.391 e. The van der Waals surface area contributed by atoms with Gasteiger partial charge in [0.2, 0.25) is 0 Å². The maximum atomic E-state index is 12.8. The number of benzene rings is 1. The summed E-state index contributed by atoms with van der Waals surface area (Å²) in [7, 11) is 1.81. The van der Waals surface area contributed by atoms with Gasteiger partial charge in [0.05, 0.1) is 17.7 Å². The van der Waals surface area contributed by atoms with Crippen LogP contribution >= 0.6 is 0 Å². The Balaban J connectivity index is 2.30. The van der Waals surface area contributed by atoms with Crippen molar-refractivity contribution in [3.8, 4) is 0 Å². The van der Waals surface area contributed by atoms with Crippen molar-refractivity contribution >= 4 is 5.69 Å². The largest absolute Gasteiger partial charge is 0.416 e. The molecule has 3 N–H and O–H groups in total. The van der Waals surface area contributed by atoms with Crippen molar-refractivity contribution in [2.45, 2.75) is 50.6 Å². The molecular formula is C15H21F3N2O. The van der Waals surface area contributed by atoms with E-state index in [2.05, 4.69) is 0 Å². The van der Waals surface area contributed by atoms with Crippen molar-refractivity contribution in [2.75, 3.05) is 11.9 Å². The Bertz CT molecular complexity index is 490. The van der Waals surface area contributed by atoms with Crippen molar-refractivity contribution in [3.63, 3.8) is 0 Å². The van der Waals surface area contributed by atoms with Gasteiger partial charge in [-0.3, -0.25) is 0 Å². The molecule has 2 unspecified atom stereocenters. The molecule has 0 amide bonds. The summed E-state index contributed by atoms with van der Waals surface area (Å²) in [6, 6.07) is 3.55. The number of hydrogen-bond acceptors (Lipinski definition) is 3. The topological polar surface area (TPSA) is 49.5 Å². The molecule has 1 saturated carbocycles. The first kappa shape index (κ1) is 16.1. The average molecular weight is 302 g/mol. The predicted molar refractivity (Wildman–Crippen MR) is 76.0 cm³/mol. The van der Waals surface area contributed by atoms with Crippen LogP contribution in [0.3, 0.4) is 0 Å². The van der Waals surface area contributed by atoms with Crippen LogP contribution in [0.4, 0.5) is 18.9 Å². The first-order valence-corrected chi connectivity index (χ1v) is 7.15. The first-order valence-electron chi connectivity index (χ1n) is 7.15. The molecule has 1 aliphatic carbocycles. The molecule has 0 saturated heterocycles. The monoisotopic (exact) mass is 302 g/mol. The molecule has 1 aliphatic rings. The molecule has 1 fully saturated rings. The highest BCUT2D eigenvalue weighted by atomic mass is 19.4. The molecule has 6 heteroatoms. The van der Waals surface area contributed by atoms with Gasteiger partial charge in [0.1, 0.15) is 0 Å².